The minimum absolute atomic E-state index is 0.00240. The van der Waals surface area contributed by atoms with E-state index in [1.165, 1.54) is 23.1 Å². The molecule has 1 saturated carbocycles. The van der Waals surface area contributed by atoms with Crippen molar-refractivity contribution in [1.82, 2.24) is 5.32 Å². The van der Waals surface area contributed by atoms with Crippen molar-refractivity contribution in [3.63, 3.8) is 0 Å². The maximum atomic E-state index is 13.9. The number of ketones is 1. The first-order valence-electron chi connectivity index (χ1n) is 10.6. The summed E-state index contributed by atoms with van der Waals surface area (Å²) in [6.45, 7) is 3.49. The highest BCUT2D eigenvalue weighted by atomic mass is 19.1. The molecule has 1 aliphatic heterocycles. The van der Waals surface area contributed by atoms with E-state index in [4.69, 9.17) is 9.47 Å². The van der Waals surface area contributed by atoms with Crippen molar-refractivity contribution in [2.45, 2.75) is 32.7 Å². The molecule has 32 heavy (non-hydrogen) atoms. The van der Waals surface area contributed by atoms with Gasteiger partial charge in [-0.15, -0.1) is 0 Å². The van der Waals surface area contributed by atoms with Gasteiger partial charge in [0, 0.05) is 12.1 Å². The molecule has 0 bridgehead atoms. The van der Waals surface area contributed by atoms with Crippen LogP contribution in [0.1, 0.15) is 35.7 Å². The SMILES string of the molecule is Cc1ccc(F)c(OCC(=O)c2ccc3c(c2)N(C(C)C(=O)NCC2CC2)C(=O)CO3)c1. The van der Waals surface area contributed by atoms with Crippen LogP contribution in [-0.4, -0.2) is 43.4 Å². The Labute approximate surface area is 185 Å². The van der Waals surface area contributed by atoms with Gasteiger partial charge < -0.3 is 14.8 Å². The number of benzene rings is 2. The van der Waals surface area contributed by atoms with Gasteiger partial charge in [0.25, 0.3) is 5.91 Å². The third-order valence-electron chi connectivity index (χ3n) is 5.63. The number of nitrogens with one attached hydrogen (secondary N) is 1. The van der Waals surface area contributed by atoms with E-state index in [0.717, 1.165) is 18.4 Å². The normalized spacial score (nSPS) is 16.1. The molecule has 1 heterocycles. The summed E-state index contributed by atoms with van der Waals surface area (Å²) in [5.41, 5.74) is 1.43. The summed E-state index contributed by atoms with van der Waals surface area (Å²) in [7, 11) is 0. The first kappa shape index (κ1) is 21.8. The molecule has 7 nitrogen and oxygen atoms in total. The second-order valence-corrected chi connectivity index (χ2v) is 8.25. The third kappa shape index (κ3) is 4.74. The molecule has 2 aromatic rings. The smallest absolute Gasteiger partial charge is 0.265 e. The van der Waals surface area contributed by atoms with Crippen LogP contribution in [0.2, 0.25) is 0 Å². The molecule has 1 N–H and O–H groups in total. The number of hydrogen-bond acceptors (Lipinski definition) is 5. The van der Waals surface area contributed by atoms with Crippen molar-refractivity contribution >= 4 is 23.3 Å². The number of anilines is 1. The molecule has 0 aromatic heterocycles. The number of Topliss-reactive ketones (excluding diaryl/α,β-unsaturated/α-hetero) is 1. The molecule has 1 aliphatic carbocycles. The Balaban J connectivity index is 1.50. The highest BCUT2D eigenvalue weighted by Crippen LogP contribution is 2.35. The van der Waals surface area contributed by atoms with E-state index in [9.17, 15) is 18.8 Å². The molecule has 0 spiro atoms. The molecular formula is C24H25FN2O5. The van der Waals surface area contributed by atoms with Crippen LogP contribution in [0.5, 0.6) is 11.5 Å². The number of aryl methyl sites for hydroxylation is 1. The van der Waals surface area contributed by atoms with Crippen molar-refractivity contribution in [3.8, 4) is 11.5 Å². The summed E-state index contributed by atoms with van der Waals surface area (Å²) in [6, 6.07) is 8.31. The predicted molar refractivity (Wildman–Crippen MR) is 116 cm³/mol. The molecule has 2 aromatic carbocycles. The van der Waals surface area contributed by atoms with Crippen LogP contribution in [0.3, 0.4) is 0 Å². The van der Waals surface area contributed by atoms with Gasteiger partial charge in [-0.1, -0.05) is 6.07 Å². The molecule has 2 amide bonds. The maximum Gasteiger partial charge on any atom is 0.265 e. The summed E-state index contributed by atoms with van der Waals surface area (Å²) < 4.78 is 24.7. The number of hydrogen-bond donors (Lipinski definition) is 1. The van der Waals surface area contributed by atoms with Crippen LogP contribution in [0.15, 0.2) is 36.4 Å². The lowest BCUT2D eigenvalue weighted by molar-refractivity contribution is -0.127. The standard InChI is InChI=1S/C24H25FN2O5/c1-14-3-7-18(25)22(9-14)31-12-20(28)17-6-8-21-19(10-17)27(23(29)13-32-21)15(2)24(30)26-11-16-4-5-16/h3,6-10,15-16H,4-5,11-13H2,1-2H3,(H,26,30). The zero-order valence-electron chi connectivity index (χ0n) is 18.0. The first-order chi connectivity index (χ1) is 15.3. The topological polar surface area (TPSA) is 84.9 Å². The van der Waals surface area contributed by atoms with Gasteiger partial charge in [-0.05, 0) is 68.5 Å². The second-order valence-electron chi connectivity index (χ2n) is 8.25. The first-order valence-corrected chi connectivity index (χ1v) is 10.6. The fourth-order valence-corrected chi connectivity index (χ4v) is 3.55. The average Bonchev–Trinajstić information content (AvgIpc) is 3.61. The lowest BCUT2D eigenvalue weighted by Gasteiger charge is -2.33. The van der Waals surface area contributed by atoms with E-state index in [1.807, 2.05) is 0 Å². The number of rotatable bonds is 8. The number of amides is 2. The lowest BCUT2D eigenvalue weighted by atomic mass is 10.1. The van der Waals surface area contributed by atoms with Gasteiger partial charge in [0.15, 0.2) is 30.6 Å². The number of halogens is 1. The van der Waals surface area contributed by atoms with E-state index in [2.05, 4.69) is 5.32 Å². The monoisotopic (exact) mass is 440 g/mol. The Kier molecular flexibility index (Phi) is 6.12. The molecule has 168 valence electrons. The lowest BCUT2D eigenvalue weighted by Crippen LogP contribution is -2.51. The van der Waals surface area contributed by atoms with E-state index in [1.54, 1.807) is 32.0 Å². The van der Waals surface area contributed by atoms with Crippen LogP contribution < -0.4 is 19.7 Å². The Bertz CT molecular complexity index is 1070. The Morgan fingerprint density at radius 2 is 2.03 bits per heavy atom. The number of fused-ring (bicyclic) bond motifs is 1. The minimum atomic E-state index is -0.758. The van der Waals surface area contributed by atoms with Gasteiger partial charge in [-0.25, -0.2) is 4.39 Å². The van der Waals surface area contributed by atoms with Crippen molar-refractivity contribution < 1.29 is 28.2 Å². The molecule has 8 heteroatoms. The molecule has 2 aliphatic rings. The Hall–Kier alpha value is -3.42. The van der Waals surface area contributed by atoms with Crippen LogP contribution in [0.4, 0.5) is 10.1 Å². The molecule has 0 radical (unpaired) electrons. The molecule has 1 fully saturated rings. The second kappa shape index (κ2) is 8.98. The summed E-state index contributed by atoms with van der Waals surface area (Å²) in [4.78, 5) is 39.2. The molecule has 1 atom stereocenters. The number of ether oxygens (including phenoxy) is 2. The van der Waals surface area contributed by atoms with Gasteiger partial charge in [-0.2, -0.15) is 0 Å². The Morgan fingerprint density at radius 1 is 1.25 bits per heavy atom. The average molecular weight is 440 g/mol. The summed E-state index contributed by atoms with van der Waals surface area (Å²) in [6.07, 6.45) is 2.21. The van der Waals surface area contributed by atoms with Gasteiger partial charge in [0.05, 0.1) is 5.69 Å². The third-order valence-corrected chi connectivity index (χ3v) is 5.63. The van der Waals surface area contributed by atoms with Crippen LogP contribution in [0, 0.1) is 18.7 Å². The predicted octanol–water partition coefficient (Wildman–Crippen LogP) is 3.04. The summed E-state index contributed by atoms with van der Waals surface area (Å²) in [5, 5.41) is 2.88. The van der Waals surface area contributed by atoms with Crippen molar-refractivity contribution in [1.29, 1.82) is 0 Å². The van der Waals surface area contributed by atoms with E-state index in [-0.39, 0.29) is 36.3 Å². The molecular weight excluding hydrogens is 415 g/mol. The minimum Gasteiger partial charge on any atom is -0.482 e. The fraction of sp³-hybridized carbons (Fsp3) is 0.375. The van der Waals surface area contributed by atoms with Gasteiger partial charge in [0.2, 0.25) is 5.91 Å². The van der Waals surface area contributed by atoms with Crippen molar-refractivity contribution in [3.05, 3.63) is 53.3 Å². The quantitative estimate of drug-likeness (QED) is 0.638. The number of carbonyl (C=O) groups excluding carboxylic acids is 3. The van der Waals surface area contributed by atoms with Crippen LogP contribution >= 0.6 is 0 Å². The van der Waals surface area contributed by atoms with Crippen LogP contribution in [0.25, 0.3) is 0 Å². The highest BCUT2D eigenvalue weighted by Gasteiger charge is 2.34. The van der Waals surface area contributed by atoms with Crippen molar-refractivity contribution in [2.24, 2.45) is 5.92 Å². The maximum absolute atomic E-state index is 13.9. The fourth-order valence-electron chi connectivity index (χ4n) is 3.55. The van der Waals surface area contributed by atoms with Crippen LogP contribution in [-0.2, 0) is 9.59 Å². The van der Waals surface area contributed by atoms with Gasteiger partial charge >= 0.3 is 0 Å². The zero-order chi connectivity index (χ0) is 22.8. The summed E-state index contributed by atoms with van der Waals surface area (Å²) >= 11 is 0. The van der Waals surface area contributed by atoms with Gasteiger partial charge in [0.1, 0.15) is 11.8 Å². The van der Waals surface area contributed by atoms with Gasteiger partial charge in [-0.3, -0.25) is 19.3 Å². The molecule has 0 saturated heterocycles. The van der Waals surface area contributed by atoms with Crippen molar-refractivity contribution in [2.75, 3.05) is 24.7 Å². The largest absolute Gasteiger partial charge is 0.482 e. The number of carbonyl (C=O) groups is 3. The van der Waals surface area contributed by atoms with E-state index >= 15 is 0 Å². The summed E-state index contributed by atoms with van der Waals surface area (Å²) in [5.74, 6) is -0.641. The molecule has 4 rings (SSSR count). The van der Waals surface area contributed by atoms with E-state index in [0.29, 0.717) is 23.9 Å². The van der Waals surface area contributed by atoms with E-state index < -0.39 is 17.6 Å². The highest BCUT2D eigenvalue weighted by molar-refractivity contribution is 6.05. The Morgan fingerprint density at radius 3 is 2.78 bits per heavy atom. The molecule has 1 unspecified atom stereocenters. The zero-order valence-corrected chi connectivity index (χ0v) is 18.0. The number of nitrogens with zero attached hydrogens (tertiary/aromatic N) is 1.